The molecule has 144 valence electrons. The summed E-state index contributed by atoms with van der Waals surface area (Å²) in [6, 6.07) is 5.08. The fraction of sp³-hybridized carbons (Fsp3) is 0.300. The Morgan fingerprint density at radius 2 is 1.93 bits per heavy atom. The second kappa shape index (κ2) is 6.85. The number of rotatable bonds is 6. The van der Waals surface area contributed by atoms with Gasteiger partial charge in [0, 0.05) is 10.9 Å². The molecule has 0 radical (unpaired) electrons. The van der Waals surface area contributed by atoms with Crippen LogP contribution in [0.25, 0.3) is 10.9 Å². The van der Waals surface area contributed by atoms with Gasteiger partial charge in [-0.15, -0.1) is 0 Å². The average molecular weight is 386 g/mol. The van der Waals surface area contributed by atoms with Gasteiger partial charge in [-0.2, -0.15) is 0 Å². The molecular weight excluding hydrogens is 369 g/mol. The zero-order valence-corrected chi connectivity index (χ0v) is 15.0. The minimum absolute atomic E-state index is 0.116. The third-order valence-electron chi connectivity index (χ3n) is 5.16. The predicted molar refractivity (Wildman–Crippen MR) is 97.7 cm³/mol. The standard InChI is InChI=1S/C20H17F3N4O/c1-11(12-3-2-4-13(17(12)21)18(22)23)27-19-14-7-16(20(9-28)5-6-20)24-8-15(14)25-10-26-19/h2-4,7-11,18H,5-6H2,1H3,(H,25,26,27). The smallest absolute Gasteiger partial charge is 0.266 e. The van der Waals surface area contributed by atoms with E-state index in [0.29, 0.717) is 22.4 Å². The van der Waals surface area contributed by atoms with Gasteiger partial charge in [0.05, 0.1) is 34.4 Å². The van der Waals surface area contributed by atoms with E-state index in [-0.39, 0.29) is 5.56 Å². The first-order valence-corrected chi connectivity index (χ1v) is 8.86. The molecule has 1 aromatic carbocycles. The molecule has 1 unspecified atom stereocenters. The first-order chi connectivity index (χ1) is 13.4. The third kappa shape index (κ3) is 3.08. The van der Waals surface area contributed by atoms with Crippen LogP contribution in [0.1, 0.15) is 49.1 Å². The van der Waals surface area contributed by atoms with Crippen LogP contribution in [-0.4, -0.2) is 21.2 Å². The number of benzene rings is 1. The van der Waals surface area contributed by atoms with Crippen LogP contribution in [0.3, 0.4) is 0 Å². The molecule has 28 heavy (non-hydrogen) atoms. The van der Waals surface area contributed by atoms with Crippen molar-refractivity contribution < 1.29 is 18.0 Å². The van der Waals surface area contributed by atoms with Crippen molar-refractivity contribution in [3.8, 4) is 0 Å². The van der Waals surface area contributed by atoms with Gasteiger partial charge in [0.1, 0.15) is 24.2 Å². The Kier molecular flexibility index (Phi) is 4.49. The summed E-state index contributed by atoms with van der Waals surface area (Å²) in [6.07, 6.45) is 2.42. The van der Waals surface area contributed by atoms with Crippen molar-refractivity contribution in [2.24, 2.45) is 0 Å². The maximum absolute atomic E-state index is 14.5. The molecule has 1 aliphatic carbocycles. The molecule has 0 aliphatic heterocycles. The van der Waals surface area contributed by atoms with E-state index in [1.165, 1.54) is 18.5 Å². The molecule has 2 heterocycles. The molecule has 4 rings (SSSR count). The number of carbonyl (C=O) groups excluding carboxylic acids is 1. The van der Waals surface area contributed by atoms with Crippen LogP contribution in [0.2, 0.25) is 0 Å². The monoisotopic (exact) mass is 386 g/mol. The van der Waals surface area contributed by atoms with E-state index in [0.717, 1.165) is 25.2 Å². The van der Waals surface area contributed by atoms with Gasteiger partial charge in [0.25, 0.3) is 6.43 Å². The number of aromatic nitrogens is 3. The number of pyridine rings is 1. The van der Waals surface area contributed by atoms with Gasteiger partial charge < -0.3 is 10.1 Å². The highest BCUT2D eigenvalue weighted by Gasteiger charge is 2.45. The van der Waals surface area contributed by atoms with Crippen LogP contribution in [0, 0.1) is 5.82 Å². The summed E-state index contributed by atoms with van der Waals surface area (Å²) in [5.74, 6) is -0.513. The van der Waals surface area contributed by atoms with Crippen LogP contribution in [0.4, 0.5) is 19.0 Å². The number of hydrogen-bond acceptors (Lipinski definition) is 5. The Bertz CT molecular complexity index is 1050. The molecule has 0 saturated heterocycles. The largest absolute Gasteiger partial charge is 0.363 e. The van der Waals surface area contributed by atoms with Gasteiger partial charge in [-0.3, -0.25) is 4.98 Å². The quantitative estimate of drug-likeness (QED) is 0.632. The van der Waals surface area contributed by atoms with Crippen molar-refractivity contribution in [2.45, 2.75) is 37.6 Å². The molecule has 1 N–H and O–H groups in total. The fourth-order valence-electron chi connectivity index (χ4n) is 3.27. The molecule has 1 aliphatic rings. The summed E-state index contributed by atoms with van der Waals surface area (Å²) in [5.41, 5.74) is 0.144. The van der Waals surface area contributed by atoms with Crippen LogP contribution < -0.4 is 5.32 Å². The second-order valence-corrected chi connectivity index (χ2v) is 7.00. The number of anilines is 1. The highest BCUT2D eigenvalue weighted by Crippen LogP contribution is 2.46. The molecule has 0 amide bonds. The van der Waals surface area contributed by atoms with E-state index in [1.807, 2.05) is 0 Å². The zero-order chi connectivity index (χ0) is 19.9. The van der Waals surface area contributed by atoms with Crippen LogP contribution in [0.15, 0.2) is 36.8 Å². The fourth-order valence-corrected chi connectivity index (χ4v) is 3.27. The number of aldehydes is 1. The maximum atomic E-state index is 14.5. The average Bonchev–Trinajstić information content (AvgIpc) is 3.49. The minimum atomic E-state index is -2.89. The van der Waals surface area contributed by atoms with E-state index in [4.69, 9.17) is 0 Å². The number of nitrogens with zero attached hydrogens (tertiary/aromatic N) is 3. The van der Waals surface area contributed by atoms with Crippen LogP contribution in [0.5, 0.6) is 0 Å². The number of hydrogen-bond donors (Lipinski definition) is 1. The lowest BCUT2D eigenvalue weighted by atomic mass is 10.0. The SMILES string of the molecule is CC(Nc1ncnc2cnc(C3(C=O)CC3)cc12)c1cccc(C(F)F)c1F. The Morgan fingerprint density at radius 1 is 1.18 bits per heavy atom. The lowest BCUT2D eigenvalue weighted by Crippen LogP contribution is -2.13. The Labute approximate surface area is 159 Å². The van der Waals surface area contributed by atoms with Crippen molar-refractivity contribution in [3.63, 3.8) is 0 Å². The Balaban J connectivity index is 1.71. The number of carbonyl (C=O) groups is 1. The number of halogens is 3. The Hall–Kier alpha value is -3.03. The molecule has 1 atom stereocenters. The third-order valence-corrected chi connectivity index (χ3v) is 5.16. The summed E-state index contributed by atoms with van der Waals surface area (Å²) < 4.78 is 40.4. The van der Waals surface area contributed by atoms with Gasteiger partial charge in [-0.05, 0) is 25.8 Å². The van der Waals surface area contributed by atoms with Crippen molar-refractivity contribution >= 4 is 23.0 Å². The van der Waals surface area contributed by atoms with Crippen molar-refractivity contribution in [1.82, 2.24) is 15.0 Å². The van der Waals surface area contributed by atoms with Crippen LogP contribution in [-0.2, 0) is 10.2 Å². The molecule has 1 fully saturated rings. The van der Waals surface area contributed by atoms with E-state index in [2.05, 4.69) is 20.3 Å². The normalized spacial score (nSPS) is 16.2. The molecule has 3 aromatic rings. The summed E-state index contributed by atoms with van der Waals surface area (Å²) >= 11 is 0. The zero-order valence-electron chi connectivity index (χ0n) is 15.0. The summed E-state index contributed by atoms with van der Waals surface area (Å²) in [5, 5.41) is 3.71. The highest BCUT2D eigenvalue weighted by molar-refractivity contribution is 5.89. The second-order valence-electron chi connectivity index (χ2n) is 7.00. The molecule has 0 bridgehead atoms. The molecule has 5 nitrogen and oxygen atoms in total. The highest BCUT2D eigenvalue weighted by atomic mass is 19.3. The van der Waals surface area contributed by atoms with Gasteiger partial charge in [-0.1, -0.05) is 18.2 Å². The summed E-state index contributed by atoms with van der Waals surface area (Å²) in [7, 11) is 0. The van der Waals surface area contributed by atoms with Gasteiger partial charge in [0.15, 0.2) is 0 Å². The van der Waals surface area contributed by atoms with Crippen LogP contribution >= 0.6 is 0 Å². The minimum Gasteiger partial charge on any atom is -0.363 e. The summed E-state index contributed by atoms with van der Waals surface area (Å²) in [6.45, 7) is 1.66. The molecule has 8 heteroatoms. The number of nitrogens with one attached hydrogen (secondary N) is 1. The van der Waals surface area contributed by atoms with Gasteiger partial charge >= 0.3 is 0 Å². The lowest BCUT2D eigenvalue weighted by molar-refractivity contribution is -0.109. The van der Waals surface area contributed by atoms with Gasteiger partial charge in [0.2, 0.25) is 0 Å². The van der Waals surface area contributed by atoms with Crippen molar-refractivity contribution in [3.05, 3.63) is 59.4 Å². The first kappa shape index (κ1) is 18.3. The first-order valence-electron chi connectivity index (χ1n) is 8.86. The van der Waals surface area contributed by atoms with E-state index in [9.17, 15) is 18.0 Å². The lowest BCUT2D eigenvalue weighted by Gasteiger charge is -2.18. The Morgan fingerprint density at radius 3 is 2.61 bits per heavy atom. The summed E-state index contributed by atoms with van der Waals surface area (Å²) in [4.78, 5) is 24.1. The van der Waals surface area contributed by atoms with E-state index >= 15 is 0 Å². The number of alkyl halides is 2. The van der Waals surface area contributed by atoms with E-state index < -0.39 is 29.3 Å². The maximum Gasteiger partial charge on any atom is 0.266 e. The van der Waals surface area contributed by atoms with Gasteiger partial charge in [-0.25, -0.2) is 23.1 Å². The predicted octanol–water partition coefficient (Wildman–Crippen LogP) is 4.51. The molecular formula is C20H17F3N4O. The van der Waals surface area contributed by atoms with Crippen molar-refractivity contribution in [2.75, 3.05) is 5.32 Å². The van der Waals surface area contributed by atoms with Crippen molar-refractivity contribution in [1.29, 1.82) is 0 Å². The number of fused-ring (bicyclic) bond motifs is 1. The molecule has 2 aromatic heterocycles. The van der Waals surface area contributed by atoms with E-state index in [1.54, 1.807) is 19.2 Å². The molecule has 1 saturated carbocycles. The topological polar surface area (TPSA) is 67.8 Å². The molecule has 0 spiro atoms.